The molecule has 1 heterocycles. The van der Waals surface area contributed by atoms with Crippen LogP contribution in [0.3, 0.4) is 0 Å². The van der Waals surface area contributed by atoms with Gasteiger partial charge in [0, 0.05) is 4.88 Å². The van der Waals surface area contributed by atoms with E-state index in [0.717, 1.165) is 16.0 Å². The third kappa shape index (κ3) is 3.97. The normalized spacial score (nSPS) is 12.5. The Morgan fingerprint density at radius 1 is 1.08 bits per heavy atom. The molecule has 0 aliphatic carbocycles. The molecule has 1 atom stereocenters. The standard InChI is InChI=1S/C19H16N2O2S2/c1-14-7-9-16(10-8-14)19(18-6-3-11-24-18)21-25(22,23)17-5-2-4-15(12-17)13-20/h2-12,19,21H,1H3. The zero-order valence-electron chi connectivity index (χ0n) is 13.5. The zero-order valence-corrected chi connectivity index (χ0v) is 15.1. The summed E-state index contributed by atoms with van der Waals surface area (Å²) in [6.45, 7) is 1.99. The van der Waals surface area contributed by atoms with Crippen LogP contribution < -0.4 is 4.72 Å². The lowest BCUT2D eigenvalue weighted by molar-refractivity contribution is 0.573. The topological polar surface area (TPSA) is 70.0 Å². The quantitative estimate of drug-likeness (QED) is 0.740. The number of hydrogen-bond acceptors (Lipinski definition) is 4. The number of thiophene rings is 1. The fourth-order valence-corrected chi connectivity index (χ4v) is 4.59. The van der Waals surface area contributed by atoms with Crippen LogP contribution in [0.25, 0.3) is 0 Å². The van der Waals surface area contributed by atoms with Crippen LogP contribution in [-0.4, -0.2) is 8.42 Å². The largest absolute Gasteiger partial charge is 0.241 e. The minimum absolute atomic E-state index is 0.0835. The molecule has 0 radical (unpaired) electrons. The first-order chi connectivity index (χ1) is 12.0. The first kappa shape index (κ1) is 17.4. The predicted molar refractivity (Wildman–Crippen MR) is 98.8 cm³/mol. The Morgan fingerprint density at radius 3 is 2.48 bits per heavy atom. The average molecular weight is 368 g/mol. The van der Waals surface area contributed by atoms with Crippen LogP contribution >= 0.6 is 11.3 Å². The van der Waals surface area contributed by atoms with Gasteiger partial charge in [-0.15, -0.1) is 11.3 Å². The monoisotopic (exact) mass is 368 g/mol. The third-order valence-corrected chi connectivity index (χ3v) is 6.14. The highest BCUT2D eigenvalue weighted by molar-refractivity contribution is 7.89. The van der Waals surface area contributed by atoms with Crippen molar-refractivity contribution in [1.29, 1.82) is 5.26 Å². The highest BCUT2D eigenvalue weighted by Gasteiger charge is 2.23. The van der Waals surface area contributed by atoms with Crippen molar-refractivity contribution in [3.8, 4) is 6.07 Å². The summed E-state index contributed by atoms with van der Waals surface area (Å²) in [5.74, 6) is 0. The lowest BCUT2D eigenvalue weighted by Gasteiger charge is -2.18. The smallest absolute Gasteiger partial charge is 0.207 e. The van der Waals surface area contributed by atoms with E-state index in [1.54, 1.807) is 12.1 Å². The molecule has 0 fully saturated rings. The highest BCUT2D eigenvalue weighted by atomic mass is 32.2. The number of nitriles is 1. The van der Waals surface area contributed by atoms with Gasteiger partial charge >= 0.3 is 0 Å². The van der Waals surface area contributed by atoms with E-state index in [9.17, 15) is 8.42 Å². The van der Waals surface area contributed by atoms with Gasteiger partial charge in [0.25, 0.3) is 0 Å². The van der Waals surface area contributed by atoms with Crippen molar-refractivity contribution >= 4 is 21.4 Å². The number of benzene rings is 2. The third-order valence-electron chi connectivity index (χ3n) is 3.78. The summed E-state index contributed by atoms with van der Waals surface area (Å²) < 4.78 is 28.4. The lowest BCUT2D eigenvalue weighted by Crippen LogP contribution is -2.29. The Labute approximate surface area is 151 Å². The van der Waals surface area contributed by atoms with Gasteiger partial charge in [-0.25, -0.2) is 8.42 Å². The van der Waals surface area contributed by atoms with E-state index in [-0.39, 0.29) is 4.90 Å². The molecule has 0 aliphatic rings. The average Bonchev–Trinajstić information content (AvgIpc) is 3.15. The molecule has 0 saturated carbocycles. The minimum Gasteiger partial charge on any atom is -0.207 e. The van der Waals surface area contributed by atoms with Gasteiger partial charge in [0.2, 0.25) is 10.0 Å². The van der Waals surface area contributed by atoms with Gasteiger partial charge in [-0.1, -0.05) is 42.0 Å². The Balaban J connectivity index is 2.00. The number of sulfonamides is 1. The zero-order chi connectivity index (χ0) is 17.9. The fraction of sp³-hybridized carbons (Fsp3) is 0.105. The van der Waals surface area contributed by atoms with Crippen molar-refractivity contribution in [2.24, 2.45) is 0 Å². The molecule has 3 rings (SSSR count). The molecule has 2 aromatic carbocycles. The fourth-order valence-electron chi connectivity index (χ4n) is 2.46. The Kier molecular flexibility index (Phi) is 5.00. The molecule has 1 aromatic heterocycles. The Bertz CT molecular complexity index is 1000. The summed E-state index contributed by atoms with van der Waals surface area (Å²) in [4.78, 5) is 0.990. The van der Waals surface area contributed by atoms with Gasteiger partial charge in [-0.3, -0.25) is 0 Å². The molecule has 1 unspecified atom stereocenters. The predicted octanol–water partition coefficient (Wildman–Crippen LogP) is 4.00. The summed E-state index contributed by atoms with van der Waals surface area (Å²) in [7, 11) is -3.77. The van der Waals surface area contributed by atoms with Crippen LogP contribution in [0.5, 0.6) is 0 Å². The molecule has 0 amide bonds. The van der Waals surface area contributed by atoms with E-state index in [1.165, 1.54) is 23.5 Å². The van der Waals surface area contributed by atoms with Gasteiger partial charge in [0.1, 0.15) is 0 Å². The van der Waals surface area contributed by atoms with Crippen LogP contribution in [0.4, 0.5) is 0 Å². The Morgan fingerprint density at radius 2 is 1.84 bits per heavy atom. The van der Waals surface area contributed by atoms with Gasteiger partial charge in [0.05, 0.1) is 22.6 Å². The van der Waals surface area contributed by atoms with Gasteiger partial charge in [0.15, 0.2) is 0 Å². The van der Waals surface area contributed by atoms with E-state index < -0.39 is 16.1 Å². The molecule has 6 heteroatoms. The van der Waals surface area contributed by atoms with Gasteiger partial charge < -0.3 is 0 Å². The molecular weight excluding hydrogens is 352 g/mol. The molecule has 4 nitrogen and oxygen atoms in total. The first-order valence-electron chi connectivity index (χ1n) is 7.62. The summed E-state index contributed by atoms with van der Waals surface area (Å²) in [6, 6.07) is 19.1. The van der Waals surface area contributed by atoms with Gasteiger partial charge in [-0.2, -0.15) is 9.98 Å². The number of hydrogen-bond donors (Lipinski definition) is 1. The summed E-state index contributed by atoms with van der Waals surface area (Å²) >= 11 is 1.49. The molecular formula is C19H16N2O2S2. The second-order valence-corrected chi connectivity index (χ2v) is 8.31. The maximum absolute atomic E-state index is 12.8. The van der Waals surface area contributed by atoms with E-state index in [2.05, 4.69) is 4.72 Å². The summed E-state index contributed by atoms with van der Waals surface area (Å²) in [5, 5.41) is 10.9. The Hall–Kier alpha value is -2.46. The second kappa shape index (κ2) is 7.19. The summed E-state index contributed by atoms with van der Waals surface area (Å²) in [5.41, 5.74) is 2.29. The van der Waals surface area contributed by atoms with Crippen LogP contribution in [0.2, 0.25) is 0 Å². The first-order valence-corrected chi connectivity index (χ1v) is 9.98. The van der Waals surface area contributed by atoms with E-state index in [4.69, 9.17) is 5.26 Å². The lowest BCUT2D eigenvalue weighted by atomic mass is 10.0. The van der Waals surface area contributed by atoms with Crippen molar-refractivity contribution in [2.45, 2.75) is 17.9 Å². The SMILES string of the molecule is Cc1ccc(C(NS(=O)(=O)c2cccc(C#N)c2)c2cccs2)cc1. The number of rotatable bonds is 5. The number of aryl methyl sites for hydroxylation is 1. The molecule has 0 saturated heterocycles. The molecule has 25 heavy (non-hydrogen) atoms. The maximum Gasteiger partial charge on any atom is 0.241 e. The van der Waals surface area contributed by atoms with Crippen molar-refractivity contribution in [2.75, 3.05) is 0 Å². The molecule has 0 bridgehead atoms. The highest BCUT2D eigenvalue weighted by Crippen LogP contribution is 2.28. The van der Waals surface area contributed by atoms with E-state index >= 15 is 0 Å². The van der Waals surface area contributed by atoms with Crippen LogP contribution in [-0.2, 0) is 10.0 Å². The van der Waals surface area contributed by atoms with Crippen LogP contribution in [0.15, 0.2) is 70.9 Å². The van der Waals surface area contributed by atoms with Crippen LogP contribution in [0.1, 0.15) is 27.6 Å². The second-order valence-electron chi connectivity index (χ2n) is 5.62. The molecule has 126 valence electrons. The van der Waals surface area contributed by atoms with E-state index in [1.807, 2.05) is 54.8 Å². The van der Waals surface area contributed by atoms with Gasteiger partial charge in [-0.05, 0) is 42.1 Å². The molecule has 0 aliphatic heterocycles. The molecule has 3 aromatic rings. The van der Waals surface area contributed by atoms with Crippen molar-refractivity contribution < 1.29 is 8.42 Å². The molecule has 1 N–H and O–H groups in total. The summed E-state index contributed by atoms with van der Waals surface area (Å²) in [6.07, 6.45) is 0. The maximum atomic E-state index is 12.8. The van der Waals surface area contributed by atoms with Crippen LogP contribution in [0, 0.1) is 18.3 Å². The van der Waals surface area contributed by atoms with E-state index in [0.29, 0.717) is 5.56 Å². The number of nitrogens with one attached hydrogen (secondary N) is 1. The van der Waals surface area contributed by atoms with Crippen molar-refractivity contribution in [3.05, 3.63) is 87.6 Å². The number of nitrogens with zero attached hydrogens (tertiary/aromatic N) is 1. The molecule has 0 spiro atoms. The minimum atomic E-state index is -3.77. The van der Waals surface area contributed by atoms with Crippen molar-refractivity contribution in [1.82, 2.24) is 4.72 Å². The van der Waals surface area contributed by atoms with Crippen molar-refractivity contribution in [3.63, 3.8) is 0 Å².